The second-order valence-electron chi connectivity index (χ2n) is 4.75. The van der Waals surface area contributed by atoms with E-state index in [1.54, 1.807) is 0 Å². The molecule has 1 N–H and O–H groups in total. The van der Waals surface area contributed by atoms with Gasteiger partial charge in [0.05, 0.1) is 5.84 Å². The van der Waals surface area contributed by atoms with Crippen LogP contribution in [0.25, 0.3) is 5.57 Å². The summed E-state index contributed by atoms with van der Waals surface area (Å²) in [7, 11) is 0. The predicted molar refractivity (Wildman–Crippen MR) is 73.0 cm³/mol. The lowest BCUT2D eigenvalue weighted by molar-refractivity contribution is 0.526. The molecular formula is C15H20N2. The minimum Gasteiger partial charge on any atom is -0.336 e. The van der Waals surface area contributed by atoms with Crippen LogP contribution in [-0.4, -0.2) is 17.3 Å². The molecule has 0 saturated heterocycles. The van der Waals surface area contributed by atoms with Gasteiger partial charge in [-0.15, -0.1) is 0 Å². The molecule has 0 spiro atoms. The van der Waals surface area contributed by atoms with Crippen molar-refractivity contribution in [2.75, 3.05) is 6.54 Å². The third-order valence-electron chi connectivity index (χ3n) is 3.43. The van der Waals surface area contributed by atoms with E-state index >= 15 is 0 Å². The average Bonchev–Trinajstić information content (AvgIpc) is 2.71. The normalized spacial score (nSPS) is 19.4. The van der Waals surface area contributed by atoms with Gasteiger partial charge in [-0.25, -0.2) is 0 Å². The molecule has 2 heteroatoms. The van der Waals surface area contributed by atoms with Gasteiger partial charge in [0.1, 0.15) is 0 Å². The number of amidine groups is 1. The standard InChI is InChI=1S/C15H20N2/c1-4-15(16)17-9-12(3)14(10-17)13-8-6-5-7-11(13)2/h5-8,10,12,16H,4,9H2,1-3H3. The molecule has 1 atom stereocenters. The van der Waals surface area contributed by atoms with E-state index in [2.05, 4.69) is 49.2 Å². The van der Waals surface area contributed by atoms with Crippen LogP contribution in [-0.2, 0) is 0 Å². The molecule has 1 heterocycles. The minimum absolute atomic E-state index is 0.503. The summed E-state index contributed by atoms with van der Waals surface area (Å²) >= 11 is 0. The highest BCUT2D eigenvalue weighted by Gasteiger charge is 2.23. The van der Waals surface area contributed by atoms with Crippen LogP contribution in [0.2, 0.25) is 0 Å². The molecule has 1 unspecified atom stereocenters. The fraction of sp³-hybridized carbons (Fsp3) is 0.400. The van der Waals surface area contributed by atoms with E-state index in [0.29, 0.717) is 11.8 Å². The number of hydrogen-bond acceptors (Lipinski definition) is 1. The van der Waals surface area contributed by atoms with Crippen LogP contribution in [0.3, 0.4) is 0 Å². The van der Waals surface area contributed by atoms with E-state index < -0.39 is 0 Å². The van der Waals surface area contributed by atoms with Crippen LogP contribution in [0.1, 0.15) is 31.4 Å². The van der Waals surface area contributed by atoms with Gasteiger partial charge in [-0.3, -0.25) is 5.41 Å². The molecular weight excluding hydrogens is 208 g/mol. The molecule has 0 amide bonds. The first-order valence-electron chi connectivity index (χ1n) is 6.25. The Bertz CT molecular complexity index is 460. The number of rotatable bonds is 2. The first kappa shape index (κ1) is 11.9. The summed E-state index contributed by atoms with van der Waals surface area (Å²) in [5.74, 6) is 1.21. The molecule has 0 bridgehead atoms. The van der Waals surface area contributed by atoms with Crippen molar-refractivity contribution < 1.29 is 0 Å². The fourth-order valence-corrected chi connectivity index (χ4v) is 2.36. The maximum atomic E-state index is 7.91. The molecule has 0 aromatic heterocycles. The Morgan fingerprint density at radius 3 is 2.76 bits per heavy atom. The Kier molecular flexibility index (Phi) is 3.32. The van der Waals surface area contributed by atoms with Crippen molar-refractivity contribution in [3.05, 3.63) is 41.6 Å². The van der Waals surface area contributed by atoms with E-state index in [1.165, 1.54) is 16.7 Å². The molecule has 1 aliphatic rings. The third kappa shape index (κ3) is 2.26. The Morgan fingerprint density at radius 2 is 2.12 bits per heavy atom. The van der Waals surface area contributed by atoms with Gasteiger partial charge in [0, 0.05) is 25.1 Å². The SMILES string of the molecule is CCC(=N)N1C=C(c2ccccc2C)C(C)C1. The van der Waals surface area contributed by atoms with Crippen molar-refractivity contribution in [2.24, 2.45) is 5.92 Å². The number of nitrogens with zero attached hydrogens (tertiary/aromatic N) is 1. The van der Waals surface area contributed by atoms with E-state index in [1.807, 2.05) is 6.92 Å². The van der Waals surface area contributed by atoms with Gasteiger partial charge in [-0.05, 0) is 23.6 Å². The smallest absolute Gasteiger partial charge is 0.0995 e. The van der Waals surface area contributed by atoms with Crippen molar-refractivity contribution in [3.63, 3.8) is 0 Å². The van der Waals surface area contributed by atoms with Crippen molar-refractivity contribution in [1.82, 2.24) is 4.90 Å². The molecule has 0 radical (unpaired) electrons. The van der Waals surface area contributed by atoms with E-state index in [9.17, 15) is 0 Å². The second-order valence-corrected chi connectivity index (χ2v) is 4.75. The topological polar surface area (TPSA) is 27.1 Å². The fourth-order valence-electron chi connectivity index (χ4n) is 2.36. The first-order chi connectivity index (χ1) is 8.13. The van der Waals surface area contributed by atoms with Gasteiger partial charge in [-0.2, -0.15) is 0 Å². The van der Waals surface area contributed by atoms with Crippen LogP contribution in [0.15, 0.2) is 30.5 Å². The van der Waals surface area contributed by atoms with Crippen LogP contribution >= 0.6 is 0 Å². The molecule has 2 nitrogen and oxygen atoms in total. The number of aryl methyl sites for hydroxylation is 1. The Morgan fingerprint density at radius 1 is 1.41 bits per heavy atom. The highest BCUT2D eigenvalue weighted by Crippen LogP contribution is 2.32. The summed E-state index contributed by atoms with van der Waals surface area (Å²) in [6.07, 6.45) is 2.95. The largest absolute Gasteiger partial charge is 0.336 e. The Hall–Kier alpha value is -1.57. The molecule has 0 saturated carbocycles. The van der Waals surface area contributed by atoms with Gasteiger partial charge in [-0.1, -0.05) is 38.1 Å². The summed E-state index contributed by atoms with van der Waals surface area (Å²) in [5.41, 5.74) is 4.00. The Balaban J connectivity index is 2.33. The monoisotopic (exact) mass is 228 g/mol. The lowest BCUT2D eigenvalue weighted by atomic mass is 9.94. The molecule has 1 aromatic carbocycles. The quantitative estimate of drug-likeness (QED) is 0.607. The number of hydrogen-bond donors (Lipinski definition) is 1. The van der Waals surface area contributed by atoms with Gasteiger partial charge < -0.3 is 4.90 Å². The maximum absolute atomic E-state index is 7.91. The lowest BCUT2D eigenvalue weighted by Gasteiger charge is -2.15. The molecule has 90 valence electrons. The number of nitrogens with one attached hydrogen (secondary N) is 1. The summed E-state index contributed by atoms with van der Waals surface area (Å²) < 4.78 is 0. The maximum Gasteiger partial charge on any atom is 0.0995 e. The molecule has 17 heavy (non-hydrogen) atoms. The van der Waals surface area contributed by atoms with Gasteiger partial charge in [0.2, 0.25) is 0 Å². The van der Waals surface area contributed by atoms with Crippen LogP contribution in [0.4, 0.5) is 0 Å². The van der Waals surface area contributed by atoms with Crippen molar-refractivity contribution >= 4 is 11.4 Å². The highest BCUT2D eigenvalue weighted by atomic mass is 15.2. The zero-order valence-electron chi connectivity index (χ0n) is 10.8. The van der Waals surface area contributed by atoms with Crippen molar-refractivity contribution in [2.45, 2.75) is 27.2 Å². The summed E-state index contributed by atoms with van der Waals surface area (Å²) in [4.78, 5) is 2.08. The molecule has 1 aliphatic heterocycles. The molecule has 2 rings (SSSR count). The molecule has 1 aromatic rings. The highest BCUT2D eigenvalue weighted by molar-refractivity contribution is 5.84. The zero-order chi connectivity index (χ0) is 12.4. The summed E-state index contributed by atoms with van der Waals surface area (Å²) in [6, 6.07) is 8.49. The van der Waals surface area contributed by atoms with Gasteiger partial charge in [0.15, 0.2) is 0 Å². The minimum atomic E-state index is 0.503. The van der Waals surface area contributed by atoms with Crippen molar-refractivity contribution in [1.29, 1.82) is 5.41 Å². The van der Waals surface area contributed by atoms with E-state index in [-0.39, 0.29) is 0 Å². The zero-order valence-corrected chi connectivity index (χ0v) is 10.8. The average molecular weight is 228 g/mol. The first-order valence-corrected chi connectivity index (χ1v) is 6.25. The predicted octanol–water partition coefficient (Wildman–Crippen LogP) is 3.67. The Labute approximate surface area is 103 Å². The third-order valence-corrected chi connectivity index (χ3v) is 3.43. The second kappa shape index (κ2) is 4.74. The van der Waals surface area contributed by atoms with E-state index in [4.69, 9.17) is 5.41 Å². The number of benzene rings is 1. The van der Waals surface area contributed by atoms with Crippen LogP contribution in [0, 0.1) is 18.3 Å². The van der Waals surface area contributed by atoms with Gasteiger partial charge in [0.25, 0.3) is 0 Å². The van der Waals surface area contributed by atoms with E-state index in [0.717, 1.165) is 13.0 Å². The van der Waals surface area contributed by atoms with Crippen LogP contribution in [0.5, 0.6) is 0 Å². The molecule has 0 aliphatic carbocycles. The van der Waals surface area contributed by atoms with Crippen molar-refractivity contribution in [3.8, 4) is 0 Å². The van der Waals surface area contributed by atoms with Gasteiger partial charge >= 0.3 is 0 Å². The summed E-state index contributed by atoms with van der Waals surface area (Å²) in [5, 5.41) is 7.91. The molecule has 0 fully saturated rings. The van der Waals surface area contributed by atoms with Crippen LogP contribution < -0.4 is 0 Å². The lowest BCUT2D eigenvalue weighted by Crippen LogP contribution is -2.23. The summed E-state index contributed by atoms with van der Waals surface area (Å²) in [6.45, 7) is 7.36.